The number of anilines is 1. The van der Waals surface area contributed by atoms with Gasteiger partial charge in [0.15, 0.2) is 0 Å². The summed E-state index contributed by atoms with van der Waals surface area (Å²) in [6.45, 7) is -0.0846. The van der Waals surface area contributed by atoms with Gasteiger partial charge in [0.25, 0.3) is 0 Å². The fraction of sp³-hybridized carbons (Fsp3) is 0.143. The first-order chi connectivity index (χ1) is 9.69. The van der Waals surface area contributed by atoms with Crippen molar-refractivity contribution in [2.24, 2.45) is 0 Å². The van der Waals surface area contributed by atoms with E-state index in [2.05, 4.69) is 10.3 Å². The highest BCUT2D eigenvalue weighted by molar-refractivity contribution is 6.29. The van der Waals surface area contributed by atoms with Crippen LogP contribution in [0.2, 0.25) is 5.15 Å². The molecule has 1 amide bonds. The molecule has 104 valence electrons. The van der Waals surface area contributed by atoms with Gasteiger partial charge in [-0.1, -0.05) is 41.9 Å². The van der Waals surface area contributed by atoms with Crippen LogP contribution >= 0.6 is 11.6 Å². The largest absolute Gasteiger partial charge is 0.444 e. The number of rotatable bonds is 4. The Balaban J connectivity index is 1.95. The molecule has 0 saturated carbocycles. The Morgan fingerprint density at radius 1 is 1.35 bits per heavy atom. The molecule has 1 aromatic heterocycles. The minimum absolute atomic E-state index is 0.169. The molecule has 0 aliphatic heterocycles. The summed E-state index contributed by atoms with van der Waals surface area (Å²) in [6, 6.07) is 10.8. The summed E-state index contributed by atoms with van der Waals surface area (Å²) < 4.78 is 5.07. The maximum absolute atomic E-state index is 11.7. The summed E-state index contributed by atoms with van der Waals surface area (Å²) in [6.07, 6.45) is 0.755. The van der Waals surface area contributed by atoms with Crippen molar-refractivity contribution in [3.8, 4) is 0 Å². The Morgan fingerprint density at radius 2 is 2.10 bits per heavy atom. The van der Waals surface area contributed by atoms with Crippen LogP contribution in [0.4, 0.5) is 10.5 Å². The van der Waals surface area contributed by atoms with Gasteiger partial charge in [0, 0.05) is 5.56 Å². The number of aromatic nitrogens is 1. The standard InChI is InChI=1S/C14H13ClN2O3/c15-13-6-11(8-18)12(7-16-13)17-14(19)20-9-10-4-2-1-3-5-10/h1-7,18H,8-9H2,(H,17,19). The highest BCUT2D eigenvalue weighted by Crippen LogP contribution is 2.18. The van der Waals surface area contributed by atoms with E-state index >= 15 is 0 Å². The molecule has 20 heavy (non-hydrogen) atoms. The number of ether oxygens (including phenoxy) is 1. The van der Waals surface area contributed by atoms with Crippen LogP contribution in [0.15, 0.2) is 42.6 Å². The molecule has 2 N–H and O–H groups in total. The quantitative estimate of drug-likeness (QED) is 0.850. The van der Waals surface area contributed by atoms with E-state index in [1.165, 1.54) is 12.3 Å². The average molecular weight is 293 g/mol. The van der Waals surface area contributed by atoms with Crippen molar-refractivity contribution in [2.45, 2.75) is 13.2 Å². The Morgan fingerprint density at radius 3 is 2.80 bits per heavy atom. The van der Waals surface area contributed by atoms with Gasteiger partial charge in [0.2, 0.25) is 0 Å². The summed E-state index contributed by atoms with van der Waals surface area (Å²) in [5.41, 5.74) is 1.73. The van der Waals surface area contributed by atoms with Crippen molar-refractivity contribution in [2.75, 3.05) is 5.32 Å². The van der Waals surface area contributed by atoms with Crippen molar-refractivity contribution in [3.63, 3.8) is 0 Å². The van der Waals surface area contributed by atoms with Gasteiger partial charge in [0.05, 0.1) is 18.5 Å². The first-order valence-corrected chi connectivity index (χ1v) is 6.30. The Hall–Kier alpha value is -2.11. The molecule has 0 aliphatic carbocycles. The molecule has 0 unspecified atom stereocenters. The van der Waals surface area contributed by atoms with Crippen LogP contribution in [0.5, 0.6) is 0 Å². The van der Waals surface area contributed by atoms with Crippen LogP contribution in [0.25, 0.3) is 0 Å². The van der Waals surface area contributed by atoms with Crippen molar-refractivity contribution in [1.82, 2.24) is 4.98 Å². The second-order valence-electron chi connectivity index (χ2n) is 4.01. The van der Waals surface area contributed by atoms with E-state index in [9.17, 15) is 9.90 Å². The normalized spacial score (nSPS) is 10.1. The zero-order valence-corrected chi connectivity index (χ0v) is 11.3. The maximum Gasteiger partial charge on any atom is 0.412 e. The minimum Gasteiger partial charge on any atom is -0.444 e. The van der Waals surface area contributed by atoms with Crippen molar-refractivity contribution >= 4 is 23.4 Å². The summed E-state index contributed by atoms with van der Waals surface area (Å²) in [4.78, 5) is 15.5. The highest BCUT2D eigenvalue weighted by Gasteiger charge is 2.09. The molecule has 2 rings (SSSR count). The van der Waals surface area contributed by atoms with Crippen LogP contribution in [-0.4, -0.2) is 16.2 Å². The van der Waals surface area contributed by atoms with Crippen LogP contribution in [0.3, 0.4) is 0 Å². The lowest BCUT2D eigenvalue weighted by Gasteiger charge is -2.10. The van der Waals surface area contributed by atoms with E-state index in [1.54, 1.807) is 0 Å². The van der Waals surface area contributed by atoms with Crippen molar-refractivity contribution in [1.29, 1.82) is 0 Å². The zero-order chi connectivity index (χ0) is 14.4. The molecule has 0 fully saturated rings. The lowest BCUT2D eigenvalue weighted by molar-refractivity contribution is 0.155. The van der Waals surface area contributed by atoms with Crippen LogP contribution in [0, 0.1) is 0 Å². The second-order valence-corrected chi connectivity index (χ2v) is 4.40. The number of carbonyl (C=O) groups is 1. The third-order valence-electron chi connectivity index (χ3n) is 2.58. The highest BCUT2D eigenvalue weighted by atomic mass is 35.5. The third-order valence-corrected chi connectivity index (χ3v) is 2.78. The van der Waals surface area contributed by atoms with Crippen LogP contribution in [-0.2, 0) is 18.0 Å². The number of hydrogen-bond acceptors (Lipinski definition) is 4. The SMILES string of the molecule is O=C(Nc1cnc(Cl)cc1CO)OCc1ccccc1. The van der Waals surface area contributed by atoms with E-state index in [1.807, 2.05) is 30.3 Å². The summed E-state index contributed by atoms with van der Waals surface area (Å²) >= 11 is 5.71. The van der Waals surface area contributed by atoms with E-state index < -0.39 is 6.09 Å². The molecule has 0 atom stereocenters. The second kappa shape index (κ2) is 6.88. The summed E-state index contributed by atoms with van der Waals surface area (Å²) in [7, 11) is 0. The van der Waals surface area contributed by atoms with Gasteiger partial charge in [-0.3, -0.25) is 5.32 Å². The zero-order valence-electron chi connectivity index (χ0n) is 10.5. The molecule has 0 spiro atoms. The number of hydrogen-bond donors (Lipinski definition) is 2. The molecule has 0 radical (unpaired) electrons. The lowest BCUT2D eigenvalue weighted by Crippen LogP contribution is -2.15. The van der Waals surface area contributed by atoms with Gasteiger partial charge in [-0.2, -0.15) is 0 Å². The molecule has 5 nitrogen and oxygen atoms in total. The molecule has 0 bridgehead atoms. The Labute approximate surface area is 121 Å². The van der Waals surface area contributed by atoms with Gasteiger partial charge in [-0.15, -0.1) is 0 Å². The number of pyridine rings is 1. The van der Waals surface area contributed by atoms with Gasteiger partial charge < -0.3 is 9.84 Å². The number of aliphatic hydroxyl groups excluding tert-OH is 1. The number of carbonyl (C=O) groups excluding carboxylic acids is 1. The molecule has 0 aliphatic rings. The van der Waals surface area contributed by atoms with Crippen molar-refractivity contribution < 1.29 is 14.6 Å². The smallest absolute Gasteiger partial charge is 0.412 e. The van der Waals surface area contributed by atoms with Gasteiger partial charge in [-0.05, 0) is 11.6 Å². The van der Waals surface area contributed by atoms with Gasteiger partial charge in [-0.25, -0.2) is 9.78 Å². The predicted molar refractivity (Wildman–Crippen MR) is 75.4 cm³/mol. The monoisotopic (exact) mass is 292 g/mol. The van der Waals surface area contributed by atoms with Crippen LogP contribution < -0.4 is 5.32 Å². The lowest BCUT2D eigenvalue weighted by atomic mass is 10.2. The molecule has 1 aromatic carbocycles. The summed E-state index contributed by atoms with van der Waals surface area (Å²) in [5, 5.41) is 11.9. The molecular weight excluding hydrogens is 280 g/mol. The van der Waals surface area contributed by atoms with Gasteiger partial charge >= 0.3 is 6.09 Å². The fourth-order valence-electron chi connectivity index (χ4n) is 1.58. The number of halogens is 1. The fourth-order valence-corrected chi connectivity index (χ4v) is 1.76. The number of amides is 1. The third kappa shape index (κ3) is 3.94. The summed E-state index contributed by atoms with van der Waals surface area (Å²) in [5.74, 6) is 0. The van der Waals surface area contributed by atoms with Crippen molar-refractivity contribution in [3.05, 3.63) is 58.9 Å². The average Bonchev–Trinajstić information content (AvgIpc) is 2.48. The van der Waals surface area contributed by atoms with E-state index in [-0.39, 0.29) is 18.4 Å². The Bertz CT molecular complexity index is 590. The van der Waals surface area contributed by atoms with Gasteiger partial charge in [0.1, 0.15) is 11.8 Å². The van der Waals surface area contributed by atoms with E-state index in [4.69, 9.17) is 16.3 Å². The number of nitrogens with one attached hydrogen (secondary N) is 1. The number of benzene rings is 1. The van der Waals surface area contributed by atoms with E-state index in [0.29, 0.717) is 11.3 Å². The van der Waals surface area contributed by atoms with Crippen LogP contribution in [0.1, 0.15) is 11.1 Å². The predicted octanol–water partition coefficient (Wildman–Crippen LogP) is 2.98. The van der Waals surface area contributed by atoms with E-state index in [0.717, 1.165) is 5.56 Å². The molecule has 0 saturated heterocycles. The molecule has 2 aromatic rings. The molecule has 1 heterocycles. The minimum atomic E-state index is -0.618. The number of nitrogens with zero attached hydrogens (tertiary/aromatic N) is 1. The Kier molecular flexibility index (Phi) is 4.92. The number of aliphatic hydroxyl groups is 1. The first kappa shape index (κ1) is 14.3. The molecule has 6 heteroatoms. The topological polar surface area (TPSA) is 71.5 Å². The molecular formula is C14H13ClN2O3. The first-order valence-electron chi connectivity index (χ1n) is 5.92. The maximum atomic E-state index is 11.7.